The predicted molar refractivity (Wildman–Crippen MR) is 320 cm³/mol. The monoisotopic (exact) mass is 965 g/mol. The van der Waals surface area contributed by atoms with Crippen LogP contribution in [0, 0.1) is 62.3 Å². The van der Waals surface area contributed by atoms with Crippen LogP contribution >= 0.6 is 0 Å². The zero-order valence-corrected chi connectivity index (χ0v) is 44.2. The second kappa shape index (κ2) is 16.8. The number of hydrogen-bond acceptors (Lipinski definition) is 4. The number of ether oxygens (including phenoxy) is 1. The van der Waals surface area contributed by atoms with Gasteiger partial charge < -0.3 is 19.4 Å². The molecule has 10 aromatic carbocycles. The maximum atomic E-state index is 7.59. The Balaban J connectivity index is 1.08. The van der Waals surface area contributed by atoms with Crippen molar-refractivity contribution < 1.29 is 4.74 Å². The summed E-state index contributed by atoms with van der Waals surface area (Å²) < 4.78 is 7.59. The van der Waals surface area contributed by atoms with Crippen molar-refractivity contribution in [1.29, 1.82) is 0 Å². The molecule has 0 atom stereocenters. The van der Waals surface area contributed by atoms with E-state index in [0.717, 1.165) is 45.5 Å². The number of hydrogen-bond donors (Lipinski definition) is 0. The first-order valence-electron chi connectivity index (χ1n) is 26.5. The van der Waals surface area contributed by atoms with E-state index < -0.39 is 0 Å². The van der Waals surface area contributed by atoms with Gasteiger partial charge in [-0.15, -0.1) is 0 Å². The molecule has 0 saturated heterocycles. The van der Waals surface area contributed by atoms with E-state index in [1.165, 1.54) is 122 Å². The van der Waals surface area contributed by atoms with Crippen LogP contribution in [0.3, 0.4) is 0 Å². The highest BCUT2D eigenvalue weighted by Gasteiger charge is 2.48. The third-order valence-corrected chi connectivity index (χ3v) is 16.5. The van der Waals surface area contributed by atoms with Crippen LogP contribution in [0.2, 0.25) is 0 Å². The molecule has 14 rings (SSSR count). The largest absolute Gasteiger partial charge is 0.458 e. The second-order valence-electron chi connectivity index (χ2n) is 22.0. The van der Waals surface area contributed by atoms with E-state index in [1.807, 2.05) is 0 Å². The van der Waals surface area contributed by atoms with Crippen LogP contribution < -0.4 is 52.2 Å². The first kappa shape index (κ1) is 45.2. The molecule has 75 heavy (non-hydrogen) atoms. The third kappa shape index (κ3) is 7.06. The summed E-state index contributed by atoms with van der Waals surface area (Å²) in [5, 5.41) is 0. The van der Waals surface area contributed by atoms with Gasteiger partial charge in [0, 0.05) is 57.3 Å². The lowest BCUT2D eigenvalue weighted by atomic mass is 9.30. The first-order valence-corrected chi connectivity index (χ1v) is 26.5. The molecule has 0 aliphatic carbocycles. The van der Waals surface area contributed by atoms with Crippen molar-refractivity contribution >= 4 is 97.4 Å². The minimum atomic E-state index is -0.0981. The topological polar surface area (TPSA) is 19.0 Å². The van der Waals surface area contributed by atoms with Crippen LogP contribution in [0.15, 0.2) is 182 Å². The van der Waals surface area contributed by atoms with Gasteiger partial charge in [-0.2, -0.15) is 0 Å². The minimum absolute atomic E-state index is 0.0841. The lowest BCUT2D eigenvalue weighted by Gasteiger charge is -2.45. The molecule has 4 nitrogen and oxygen atoms in total. The molecule has 0 N–H and O–H groups in total. The molecule has 0 aromatic heterocycles. The van der Waals surface area contributed by atoms with Gasteiger partial charge in [-0.25, -0.2) is 0 Å². The molecule has 6 heteroatoms. The molecular weight excluding hydrogens is 908 g/mol. The molecule has 0 fully saturated rings. The van der Waals surface area contributed by atoms with E-state index in [0.29, 0.717) is 0 Å². The Bertz CT molecular complexity index is 4050. The van der Waals surface area contributed by atoms with Gasteiger partial charge in [0.1, 0.15) is 11.5 Å². The molecule has 0 radical (unpaired) electrons. The molecule has 0 amide bonds. The van der Waals surface area contributed by atoms with Gasteiger partial charge in [-0.3, -0.25) is 0 Å². The van der Waals surface area contributed by atoms with Crippen molar-refractivity contribution in [3.63, 3.8) is 0 Å². The van der Waals surface area contributed by atoms with E-state index in [9.17, 15) is 0 Å². The van der Waals surface area contributed by atoms with Crippen molar-refractivity contribution in [2.75, 3.05) is 14.7 Å². The lowest BCUT2D eigenvalue weighted by Crippen LogP contribution is -2.64. The summed E-state index contributed by atoms with van der Waals surface area (Å²) >= 11 is 0. The average molecular weight is 966 g/mol. The van der Waals surface area contributed by atoms with Gasteiger partial charge in [0.15, 0.2) is 0 Å². The SMILES string of the molecule is Cc1ccc(N2c3ccc(C)cc3B3c4cc5c(cc4Oc4cc(-c6ccc(C)cc6C)cc2c43)N(c2ccc(C)cc2)c2cc(-c3ccc(C)cc3C)cc3c2B5c2cc(C)ccc2N3c2ccc(C)cc2)cc1. The van der Waals surface area contributed by atoms with Gasteiger partial charge in [-0.1, -0.05) is 142 Å². The van der Waals surface area contributed by atoms with Crippen molar-refractivity contribution in [2.45, 2.75) is 62.3 Å². The molecule has 360 valence electrons. The summed E-state index contributed by atoms with van der Waals surface area (Å²) in [5.41, 5.74) is 33.9. The molecule has 0 saturated carbocycles. The van der Waals surface area contributed by atoms with Crippen molar-refractivity contribution in [3.8, 4) is 33.8 Å². The van der Waals surface area contributed by atoms with Gasteiger partial charge in [-0.05, 0) is 201 Å². The van der Waals surface area contributed by atoms with Crippen LogP contribution in [0.4, 0.5) is 51.2 Å². The van der Waals surface area contributed by atoms with Crippen molar-refractivity contribution in [1.82, 2.24) is 0 Å². The summed E-state index contributed by atoms with van der Waals surface area (Å²) in [4.78, 5) is 7.56. The predicted octanol–water partition coefficient (Wildman–Crippen LogP) is 14.3. The number of anilines is 9. The Morgan fingerprint density at radius 1 is 0.280 bits per heavy atom. The molecule has 0 spiro atoms. The fourth-order valence-electron chi connectivity index (χ4n) is 13.0. The van der Waals surface area contributed by atoms with E-state index >= 15 is 0 Å². The lowest BCUT2D eigenvalue weighted by molar-refractivity contribution is 0.488. The molecule has 0 unspecified atom stereocenters. The Labute approximate surface area is 442 Å². The van der Waals surface area contributed by atoms with Gasteiger partial charge >= 0.3 is 0 Å². The Morgan fingerprint density at radius 3 is 1.12 bits per heavy atom. The minimum Gasteiger partial charge on any atom is -0.458 e. The highest BCUT2D eigenvalue weighted by atomic mass is 16.5. The van der Waals surface area contributed by atoms with E-state index in [1.54, 1.807) is 0 Å². The van der Waals surface area contributed by atoms with E-state index in [4.69, 9.17) is 4.74 Å². The van der Waals surface area contributed by atoms with Crippen molar-refractivity contribution in [2.24, 2.45) is 0 Å². The molecule has 4 aliphatic rings. The van der Waals surface area contributed by atoms with Gasteiger partial charge in [0.05, 0.1) is 0 Å². The van der Waals surface area contributed by atoms with E-state index in [-0.39, 0.29) is 13.4 Å². The molecule has 4 aliphatic heterocycles. The average Bonchev–Trinajstić information content (AvgIpc) is 3.54. The molecule has 0 bridgehead atoms. The number of nitrogens with zero attached hydrogens (tertiary/aromatic N) is 3. The van der Waals surface area contributed by atoms with E-state index in [2.05, 4.69) is 259 Å². The standard InChI is InChI=1S/C69H57B2N3O/c1-40-10-20-51(21-11-40)72-60-28-18-45(6)32-56(60)70-58-38-59-66(39-62(58)74(53-24-14-42(3)15-25-53)64-35-49(34-63(72)68(64)70)54-26-16-43(4)30-47(54)8)75-67-37-50(55-27-17-44(5)31-48(55)9)36-65-69(67)71(59)57-33-46(7)19-29-61(57)73(65)52-22-12-41(2)13-23-52/h10-39H,1-9H3. The maximum absolute atomic E-state index is 7.59. The van der Waals surface area contributed by atoms with Crippen LogP contribution in [-0.4, -0.2) is 13.4 Å². The number of benzene rings is 10. The Hall–Kier alpha value is -8.47. The molecular formula is C69H57B2N3O. The quantitative estimate of drug-likeness (QED) is 0.160. The number of fused-ring (bicyclic) bond motifs is 8. The highest BCUT2D eigenvalue weighted by Crippen LogP contribution is 2.49. The fraction of sp³-hybridized carbons (Fsp3) is 0.130. The summed E-state index contributed by atoms with van der Waals surface area (Å²) in [7, 11) is 0. The Morgan fingerprint density at radius 2 is 0.653 bits per heavy atom. The van der Waals surface area contributed by atoms with Crippen LogP contribution in [-0.2, 0) is 0 Å². The van der Waals surface area contributed by atoms with Gasteiger partial charge in [0.2, 0.25) is 0 Å². The first-order chi connectivity index (χ1) is 36.3. The number of aryl methyl sites for hydroxylation is 9. The zero-order valence-electron chi connectivity index (χ0n) is 44.2. The van der Waals surface area contributed by atoms with Gasteiger partial charge in [0.25, 0.3) is 13.4 Å². The van der Waals surface area contributed by atoms with Crippen LogP contribution in [0.25, 0.3) is 22.3 Å². The summed E-state index contributed by atoms with van der Waals surface area (Å²) in [5.74, 6) is 1.79. The van der Waals surface area contributed by atoms with Crippen LogP contribution in [0.5, 0.6) is 11.5 Å². The zero-order chi connectivity index (χ0) is 51.1. The van der Waals surface area contributed by atoms with Crippen molar-refractivity contribution in [3.05, 3.63) is 232 Å². The third-order valence-electron chi connectivity index (χ3n) is 16.5. The number of rotatable bonds is 5. The normalized spacial score (nSPS) is 13.4. The fourth-order valence-corrected chi connectivity index (χ4v) is 13.0. The van der Waals surface area contributed by atoms with Crippen LogP contribution in [0.1, 0.15) is 50.1 Å². The smallest absolute Gasteiger partial charge is 0.256 e. The summed E-state index contributed by atoms with van der Waals surface area (Å²) in [6, 6.07) is 69.6. The second-order valence-corrected chi connectivity index (χ2v) is 22.0. The summed E-state index contributed by atoms with van der Waals surface area (Å²) in [6.07, 6.45) is 0. The molecule has 10 aromatic rings. The molecule has 4 heterocycles. The maximum Gasteiger partial charge on any atom is 0.256 e. The summed E-state index contributed by atoms with van der Waals surface area (Å²) in [6.45, 7) is 19.6. The Kier molecular flexibility index (Phi) is 10.1. The highest BCUT2D eigenvalue weighted by molar-refractivity contribution is 7.02.